The number of nitrogens with zero attached hydrogens (tertiary/aromatic N) is 1. The van der Waals surface area contributed by atoms with Crippen molar-refractivity contribution in [1.82, 2.24) is 10.2 Å². The molecule has 100 valence electrons. The van der Waals surface area contributed by atoms with Crippen LogP contribution in [0.5, 0.6) is 5.75 Å². The summed E-state index contributed by atoms with van der Waals surface area (Å²) in [4.78, 5) is 2.53. The van der Waals surface area contributed by atoms with Crippen molar-refractivity contribution in [2.45, 2.75) is 32.2 Å². The van der Waals surface area contributed by atoms with Gasteiger partial charge in [-0.05, 0) is 57.0 Å². The molecule has 2 rings (SSSR count). The normalized spacial score (nSPS) is 18.1. The van der Waals surface area contributed by atoms with Crippen molar-refractivity contribution in [2.24, 2.45) is 0 Å². The maximum absolute atomic E-state index is 9.23. The molecule has 1 heterocycles. The molecule has 1 aliphatic heterocycles. The maximum atomic E-state index is 9.23. The van der Waals surface area contributed by atoms with Crippen LogP contribution in [0.25, 0.3) is 0 Å². The van der Waals surface area contributed by atoms with Gasteiger partial charge in [0, 0.05) is 19.1 Å². The first-order valence-corrected chi connectivity index (χ1v) is 6.98. The van der Waals surface area contributed by atoms with Crippen LogP contribution in [0.2, 0.25) is 0 Å². The van der Waals surface area contributed by atoms with Crippen molar-refractivity contribution in [3.05, 3.63) is 29.8 Å². The summed E-state index contributed by atoms with van der Waals surface area (Å²) in [6.45, 7) is 7.00. The van der Waals surface area contributed by atoms with E-state index in [1.165, 1.54) is 38.0 Å². The summed E-state index contributed by atoms with van der Waals surface area (Å²) in [6.07, 6.45) is 3.74. The second-order valence-electron chi connectivity index (χ2n) is 5.27. The lowest BCUT2D eigenvalue weighted by Crippen LogP contribution is -2.35. The molecule has 1 saturated heterocycles. The Kier molecular flexibility index (Phi) is 5.02. The molecule has 1 aliphatic rings. The quantitative estimate of drug-likeness (QED) is 0.808. The zero-order valence-corrected chi connectivity index (χ0v) is 11.2. The Labute approximate surface area is 110 Å². The molecule has 1 aromatic carbocycles. The Morgan fingerprint density at radius 1 is 1.22 bits per heavy atom. The van der Waals surface area contributed by atoms with E-state index in [9.17, 15) is 5.11 Å². The van der Waals surface area contributed by atoms with Crippen LogP contribution in [-0.2, 0) is 6.42 Å². The third-order valence-corrected chi connectivity index (χ3v) is 3.60. The van der Waals surface area contributed by atoms with E-state index < -0.39 is 0 Å². The van der Waals surface area contributed by atoms with E-state index in [0.29, 0.717) is 11.8 Å². The summed E-state index contributed by atoms with van der Waals surface area (Å²) >= 11 is 0. The highest BCUT2D eigenvalue weighted by Crippen LogP contribution is 2.11. The fourth-order valence-electron chi connectivity index (χ4n) is 2.53. The smallest absolute Gasteiger partial charge is 0.115 e. The van der Waals surface area contributed by atoms with Crippen molar-refractivity contribution < 1.29 is 5.11 Å². The molecule has 18 heavy (non-hydrogen) atoms. The number of benzene rings is 1. The zero-order chi connectivity index (χ0) is 12.8. The highest BCUT2D eigenvalue weighted by Gasteiger charge is 2.11. The molecule has 1 unspecified atom stereocenters. The largest absolute Gasteiger partial charge is 0.508 e. The first kappa shape index (κ1) is 13.4. The van der Waals surface area contributed by atoms with E-state index in [4.69, 9.17) is 0 Å². The number of aromatic hydroxyl groups is 1. The SMILES string of the molecule is CC(Cc1ccc(O)cc1)NCCN1CCCC1. The molecular weight excluding hydrogens is 224 g/mol. The summed E-state index contributed by atoms with van der Waals surface area (Å²) in [5, 5.41) is 12.8. The summed E-state index contributed by atoms with van der Waals surface area (Å²) < 4.78 is 0. The second-order valence-corrected chi connectivity index (χ2v) is 5.27. The number of hydrogen-bond acceptors (Lipinski definition) is 3. The lowest BCUT2D eigenvalue weighted by Gasteiger charge is -2.18. The minimum absolute atomic E-state index is 0.341. The third-order valence-electron chi connectivity index (χ3n) is 3.60. The van der Waals surface area contributed by atoms with Gasteiger partial charge in [0.25, 0.3) is 0 Å². The van der Waals surface area contributed by atoms with E-state index in [1.54, 1.807) is 12.1 Å². The topological polar surface area (TPSA) is 35.5 Å². The van der Waals surface area contributed by atoms with Crippen LogP contribution in [0.4, 0.5) is 0 Å². The summed E-state index contributed by atoms with van der Waals surface area (Å²) in [6, 6.07) is 7.98. The van der Waals surface area contributed by atoms with E-state index in [1.807, 2.05) is 12.1 Å². The van der Waals surface area contributed by atoms with Gasteiger partial charge in [0.2, 0.25) is 0 Å². The molecule has 1 atom stereocenters. The van der Waals surface area contributed by atoms with E-state index in [2.05, 4.69) is 17.1 Å². The van der Waals surface area contributed by atoms with Crippen LogP contribution < -0.4 is 5.32 Å². The van der Waals surface area contributed by atoms with Gasteiger partial charge >= 0.3 is 0 Å². The monoisotopic (exact) mass is 248 g/mol. The Bertz CT molecular complexity index is 344. The van der Waals surface area contributed by atoms with Crippen molar-refractivity contribution in [1.29, 1.82) is 0 Å². The Balaban J connectivity index is 1.65. The molecule has 0 aliphatic carbocycles. The summed E-state index contributed by atoms with van der Waals surface area (Å²) in [7, 11) is 0. The van der Waals surface area contributed by atoms with E-state index >= 15 is 0 Å². The highest BCUT2D eigenvalue weighted by atomic mass is 16.3. The molecule has 3 nitrogen and oxygen atoms in total. The van der Waals surface area contributed by atoms with E-state index in [-0.39, 0.29) is 0 Å². The van der Waals surface area contributed by atoms with Crippen molar-refractivity contribution in [2.75, 3.05) is 26.2 Å². The lowest BCUT2D eigenvalue weighted by molar-refractivity contribution is 0.329. The third kappa shape index (κ3) is 4.31. The predicted octanol–water partition coefficient (Wildman–Crippen LogP) is 2.01. The number of phenols is 1. The fourth-order valence-corrected chi connectivity index (χ4v) is 2.53. The summed E-state index contributed by atoms with van der Waals surface area (Å²) in [5.74, 6) is 0.341. The number of nitrogens with one attached hydrogen (secondary N) is 1. The molecule has 0 amide bonds. The van der Waals surface area contributed by atoms with Gasteiger partial charge in [-0.15, -0.1) is 0 Å². The molecule has 1 aromatic rings. The number of hydrogen-bond donors (Lipinski definition) is 2. The minimum atomic E-state index is 0.341. The van der Waals surface area contributed by atoms with Gasteiger partial charge in [-0.1, -0.05) is 12.1 Å². The lowest BCUT2D eigenvalue weighted by atomic mass is 10.1. The zero-order valence-electron chi connectivity index (χ0n) is 11.2. The molecule has 2 N–H and O–H groups in total. The van der Waals surface area contributed by atoms with Gasteiger partial charge in [0.1, 0.15) is 5.75 Å². The standard InChI is InChI=1S/C15H24N2O/c1-13(12-14-4-6-15(18)7-5-14)16-8-11-17-9-2-3-10-17/h4-7,13,16,18H,2-3,8-12H2,1H3. The number of likely N-dealkylation sites (tertiary alicyclic amines) is 1. The van der Waals surface area contributed by atoms with Gasteiger partial charge in [-0.3, -0.25) is 0 Å². The molecule has 1 fully saturated rings. The van der Waals surface area contributed by atoms with Gasteiger partial charge in [-0.25, -0.2) is 0 Å². The predicted molar refractivity (Wildman–Crippen MR) is 74.9 cm³/mol. The highest BCUT2D eigenvalue weighted by molar-refractivity contribution is 5.26. The average Bonchev–Trinajstić information content (AvgIpc) is 2.85. The molecule has 0 spiro atoms. The fraction of sp³-hybridized carbons (Fsp3) is 0.600. The van der Waals surface area contributed by atoms with Crippen LogP contribution in [-0.4, -0.2) is 42.2 Å². The second kappa shape index (κ2) is 6.76. The van der Waals surface area contributed by atoms with Crippen molar-refractivity contribution in [3.8, 4) is 5.75 Å². The molecule has 0 saturated carbocycles. The van der Waals surface area contributed by atoms with Crippen molar-refractivity contribution in [3.63, 3.8) is 0 Å². The number of phenolic OH excluding ortho intramolecular Hbond substituents is 1. The van der Waals surface area contributed by atoms with Crippen LogP contribution >= 0.6 is 0 Å². The van der Waals surface area contributed by atoms with Crippen LogP contribution in [0.3, 0.4) is 0 Å². The molecular formula is C15H24N2O. The van der Waals surface area contributed by atoms with Gasteiger partial charge in [0.15, 0.2) is 0 Å². The molecule has 0 aromatic heterocycles. The summed E-state index contributed by atoms with van der Waals surface area (Å²) in [5.41, 5.74) is 1.27. The minimum Gasteiger partial charge on any atom is -0.508 e. The Morgan fingerprint density at radius 2 is 1.89 bits per heavy atom. The van der Waals surface area contributed by atoms with Crippen LogP contribution in [0.15, 0.2) is 24.3 Å². The molecule has 0 radical (unpaired) electrons. The molecule has 3 heteroatoms. The Morgan fingerprint density at radius 3 is 2.56 bits per heavy atom. The number of rotatable bonds is 6. The maximum Gasteiger partial charge on any atom is 0.115 e. The van der Waals surface area contributed by atoms with Gasteiger partial charge in [0.05, 0.1) is 0 Å². The first-order valence-electron chi connectivity index (χ1n) is 6.98. The molecule has 0 bridgehead atoms. The van der Waals surface area contributed by atoms with E-state index in [0.717, 1.165) is 13.0 Å². The van der Waals surface area contributed by atoms with Crippen LogP contribution in [0.1, 0.15) is 25.3 Å². The first-order chi connectivity index (χ1) is 8.74. The van der Waals surface area contributed by atoms with Gasteiger partial charge in [-0.2, -0.15) is 0 Å². The Hall–Kier alpha value is -1.06. The average molecular weight is 248 g/mol. The van der Waals surface area contributed by atoms with Gasteiger partial charge < -0.3 is 15.3 Å². The van der Waals surface area contributed by atoms with Crippen LogP contribution in [0, 0.1) is 0 Å². The van der Waals surface area contributed by atoms with Crippen molar-refractivity contribution >= 4 is 0 Å².